The van der Waals surface area contributed by atoms with E-state index in [9.17, 15) is 19.2 Å². The number of carbonyl (C=O) groups excluding carboxylic acids is 4. The lowest BCUT2D eigenvalue weighted by atomic mass is 9.87. The van der Waals surface area contributed by atoms with Gasteiger partial charge in [-0.05, 0) is 19.4 Å². The monoisotopic (exact) mass is 320 g/mol. The Labute approximate surface area is 132 Å². The molecule has 1 aromatic heterocycles. The van der Waals surface area contributed by atoms with Crippen molar-refractivity contribution in [3.8, 4) is 0 Å². The molecular weight excluding hydrogens is 304 g/mol. The van der Waals surface area contributed by atoms with Gasteiger partial charge in [-0.1, -0.05) is 13.8 Å². The zero-order valence-electron chi connectivity index (χ0n) is 12.8. The molecule has 0 aromatic carbocycles. The Morgan fingerprint density at radius 1 is 1.27 bits per heavy atom. The first-order valence-corrected chi connectivity index (χ1v) is 7.76. The van der Waals surface area contributed by atoms with Gasteiger partial charge in [0, 0.05) is 17.6 Å². The van der Waals surface area contributed by atoms with Crippen LogP contribution in [0.25, 0.3) is 0 Å². The third-order valence-corrected chi connectivity index (χ3v) is 4.65. The summed E-state index contributed by atoms with van der Waals surface area (Å²) in [6, 6.07) is 0. The Morgan fingerprint density at radius 2 is 1.91 bits per heavy atom. The van der Waals surface area contributed by atoms with Gasteiger partial charge in [-0.15, -0.1) is 11.3 Å². The molecule has 2 rings (SSSR count). The number of ketones is 3. The fourth-order valence-corrected chi connectivity index (χ4v) is 3.35. The van der Waals surface area contributed by atoms with Crippen molar-refractivity contribution in [1.82, 2.24) is 0 Å². The summed E-state index contributed by atoms with van der Waals surface area (Å²) in [6.07, 6.45) is 1.08. The first kappa shape index (κ1) is 16.3. The van der Waals surface area contributed by atoms with Crippen molar-refractivity contribution in [3.63, 3.8) is 0 Å². The maximum absolute atomic E-state index is 12.5. The normalized spacial score (nSPS) is 14.0. The topological polar surface area (TPSA) is 77.5 Å². The standard InChI is InChI=1S/C16H16O5S/c1-5-21-16(20)14-8(4)11-13(19)9(12(18)7(2)3)6-10(17)15(11)22-14/h6-7H,5H2,1-4H3. The molecule has 1 aliphatic carbocycles. The highest BCUT2D eigenvalue weighted by Crippen LogP contribution is 2.34. The van der Waals surface area contributed by atoms with E-state index in [4.69, 9.17) is 4.74 Å². The molecule has 1 heterocycles. The Balaban J connectivity index is 2.53. The average Bonchev–Trinajstić information content (AvgIpc) is 2.81. The minimum atomic E-state index is -0.559. The molecule has 0 saturated carbocycles. The summed E-state index contributed by atoms with van der Waals surface area (Å²) in [5, 5.41) is 0. The number of thiophene rings is 1. The summed E-state index contributed by atoms with van der Waals surface area (Å²) in [4.78, 5) is 49.2. The van der Waals surface area contributed by atoms with Gasteiger partial charge in [0.15, 0.2) is 17.3 Å². The Morgan fingerprint density at radius 3 is 2.45 bits per heavy atom. The van der Waals surface area contributed by atoms with Gasteiger partial charge in [0.05, 0.1) is 17.1 Å². The predicted octanol–water partition coefficient (Wildman–Crippen LogP) is 2.76. The third-order valence-electron chi connectivity index (χ3n) is 3.37. The van der Waals surface area contributed by atoms with Crippen LogP contribution >= 0.6 is 11.3 Å². The second kappa shape index (κ2) is 5.96. The highest BCUT2D eigenvalue weighted by Gasteiger charge is 2.36. The average molecular weight is 320 g/mol. The van der Waals surface area contributed by atoms with E-state index in [1.165, 1.54) is 0 Å². The van der Waals surface area contributed by atoms with Crippen LogP contribution in [0.5, 0.6) is 0 Å². The maximum Gasteiger partial charge on any atom is 0.348 e. The first-order chi connectivity index (χ1) is 10.3. The number of allylic oxidation sites excluding steroid dienone is 2. The zero-order valence-corrected chi connectivity index (χ0v) is 13.6. The van der Waals surface area contributed by atoms with Gasteiger partial charge in [-0.25, -0.2) is 4.79 Å². The second-order valence-electron chi connectivity index (χ2n) is 5.25. The Kier molecular flexibility index (Phi) is 4.42. The van der Waals surface area contributed by atoms with E-state index in [0.717, 1.165) is 17.4 Å². The van der Waals surface area contributed by atoms with E-state index in [2.05, 4.69) is 0 Å². The second-order valence-corrected chi connectivity index (χ2v) is 6.27. The zero-order chi connectivity index (χ0) is 16.6. The van der Waals surface area contributed by atoms with E-state index in [0.29, 0.717) is 5.56 Å². The molecule has 5 nitrogen and oxygen atoms in total. The van der Waals surface area contributed by atoms with Crippen LogP contribution in [0.1, 0.15) is 56.0 Å². The number of fused-ring (bicyclic) bond motifs is 1. The lowest BCUT2D eigenvalue weighted by Gasteiger charge is -2.13. The Hall–Kier alpha value is -2.08. The van der Waals surface area contributed by atoms with Crippen LogP contribution in [0.3, 0.4) is 0 Å². The van der Waals surface area contributed by atoms with Gasteiger partial charge in [-0.3, -0.25) is 14.4 Å². The van der Waals surface area contributed by atoms with Crippen molar-refractivity contribution in [3.05, 3.63) is 32.5 Å². The van der Waals surface area contributed by atoms with Gasteiger partial charge in [-0.2, -0.15) is 0 Å². The van der Waals surface area contributed by atoms with Crippen LogP contribution in [0.4, 0.5) is 0 Å². The van der Waals surface area contributed by atoms with E-state index in [1.54, 1.807) is 27.7 Å². The van der Waals surface area contributed by atoms with Crippen LogP contribution in [-0.4, -0.2) is 29.9 Å². The van der Waals surface area contributed by atoms with Crippen LogP contribution in [0.15, 0.2) is 11.6 Å². The minimum absolute atomic E-state index is 0.108. The molecule has 0 radical (unpaired) electrons. The summed E-state index contributed by atoms with van der Waals surface area (Å²) < 4.78 is 4.93. The van der Waals surface area contributed by atoms with Crippen molar-refractivity contribution in [1.29, 1.82) is 0 Å². The number of hydrogen-bond donors (Lipinski definition) is 0. The van der Waals surface area contributed by atoms with Crippen LogP contribution in [0, 0.1) is 12.8 Å². The lowest BCUT2D eigenvalue weighted by Crippen LogP contribution is -2.24. The maximum atomic E-state index is 12.5. The molecule has 0 amide bonds. The number of esters is 1. The smallest absolute Gasteiger partial charge is 0.348 e. The molecular formula is C16H16O5S. The van der Waals surface area contributed by atoms with Crippen molar-refractivity contribution >= 4 is 34.7 Å². The van der Waals surface area contributed by atoms with Crippen LogP contribution in [0.2, 0.25) is 0 Å². The van der Waals surface area contributed by atoms with Crippen molar-refractivity contribution in [2.24, 2.45) is 5.92 Å². The van der Waals surface area contributed by atoms with E-state index >= 15 is 0 Å². The third kappa shape index (κ3) is 2.54. The molecule has 22 heavy (non-hydrogen) atoms. The molecule has 0 N–H and O–H groups in total. The molecule has 0 unspecified atom stereocenters. The van der Waals surface area contributed by atoms with Crippen molar-refractivity contribution < 1.29 is 23.9 Å². The number of Topliss-reactive ketones (excluding diaryl/α,β-unsaturated/α-hetero) is 2. The molecule has 1 aliphatic rings. The van der Waals surface area contributed by atoms with Gasteiger partial charge in [0.25, 0.3) is 0 Å². The van der Waals surface area contributed by atoms with Gasteiger partial charge >= 0.3 is 5.97 Å². The summed E-state index contributed by atoms with van der Waals surface area (Å²) in [5.41, 5.74) is 0.451. The molecule has 116 valence electrons. The van der Waals surface area contributed by atoms with E-state index in [-0.39, 0.29) is 39.2 Å². The quantitative estimate of drug-likeness (QED) is 0.629. The predicted molar refractivity (Wildman–Crippen MR) is 81.6 cm³/mol. The summed E-state index contributed by atoms with van der Waals surface area (Å²) in [7, 11) is 0. The summed E-state index contributed by atoms with van der Waals surface area (Å²) in [6.45, 7) is 6.81. The number of carbonyl (C=O) groups is 4. The fourth-order valence-electron chi connectivity index (χ4n) is 2.24. The van der Waals surface area contributed by atoms with Gasteiger partial charge in [0.2, 0.25) is 0 Å². The SMILES string of the molecule is CCOC(=O)c1sc2c(c1C)C(=O)C(C(=O)C(C)C)=CC2=O. The van der Waals surface area contributed by atoms with E-state index in [1.807, 2.05) is 0 Å². The van der Waals surface area contributed by atoms with Crippen molar-refractivity contribution in [2.45, 2.75) is 27.7 Å². The molecule has 1 aromatic rings. The molecule has 0 saturated heterocycles. The molecule has 0 aliphatic heterocycles. The van der Waals surface area contributed by atoms with Crippen molar-refractivity contribution in [2.75, 3.05) is 6.61 Å². The molecule has 0 bridgehead atoms. The largest absolute Gasteiger partial charge is 0.462 e. The highest BCUT2D eigenvalue weighted by atomic mass is 32.1. The molecule has 0 spiro atoms. The van der Waals surface area contributed by atoms with Gasteiger partial charge in [0.1, 0.15) is 4.88 Å². The number of ether oxygens (including phenoxy) is 1. The number of hydrogen-bond acceptors (Lipinski definition) is 6. The highest BCUT2D eigenvalue weighted by molar-refractivity contribution is 7.16. The molecule has 0 atom stereocenters. The minimum Gasteiger partial charge on any atom is -0.462 e. The Bertz CT molecular complexity index is 721. The van der Waals surface area contributed by atoms with Gasteiger partial charge < -0.3 is 4.74 Å². The molecule has 6 heteroatoms. The van der Waals surface area contributed by atoms with Crippen LogP contribution in [-0.2, 0) is 9.53 Å². The summed E-state index contributed by atoms with van der Waals surface area (Å²) >= 11 is 0.943. The first-order valence-electron chi connectivity index (χ1n) is 6.95. The fraction of sp³-hybridized carbons (Fsp3) is 0.375. The lowest BCUT2D eigenvalue weighted by molar-refractivity contribution is -0.117. The van der Waals surface area contributed by atoms with E-state index < -0.39 is 17.5 Å². The van der Waals surface area contributed by atoms with Crippen LogP contribution < -0.4 is 0 Å². The molecule has 0 fully saturated rings. The number of rotatable bonds is 4. The summed E-state index contributed by atoms with van der Waals surface area (Å²) in [5.74, 6) is -2.21.